The van der Waals surface area contributed by atoms with Crippen LogP contribution < -0.4 is 5.32 Å². The van der Waals surface area contributed by atoms with Crippen molar-refractivity contribution >= 4 is 17.0 Å². The molecule has 0 unspecified atom stereocenters. The highest BCUT2D eigenvalue weighted by Crippen LogP contribution is 2.24. The van der Waals surface area contributed by atoms with Gasteiger partial charge in [0, 0.05) is 25.7 Å². The van der Waals surface area contributed by atoms with Gasteiger partial charge in [-0.3, -0.25) is 4.90 Å². The van der Waals surface area contributed by atoms with E-state index < -0.39 is 0 Å². The smallest absolute Gasteiger partial charge is 0.204 e. The average molecular weight is 397 g/mol. The second kappa shape index (κ2) is 8.72. The monoisotopic (exact) mass is 396 g/mol. The highest BCUT2D eigenvalue weighted by atomic mass is 15.2. The Labute approximate surface area is 178 Å². The molecular weight excluding hydrogens is 368 g/mol. The fourth-order valence-electron chi connectivity index (χ4n) is 4.37. The summed E-state index contributed by atoms with van der Waals surface area (Å²) in [5.74, 6) is 0.988. The van der Waals surface area contributed by atoms with Crippen molar-refractivity contribution in [3.05, 3.63) is 96.1 Å². The predicted molar refractivity (Wildman–Crippen MR) is 124 cm³/mol. The van der Waals surface area contributed by atoms with Gasteiger partial charge in [-0.15, -0.1) is 0 Å². The third-order valence-electron chi connectivity index (χ3n) is 6.01. The largest absolute Gasteiger partial charge is 0.353 e. The number of piperidine rings is 1. The highest BCUT2D eigenvalue weighted by Gasteiger charge is 2.21. The van der Waals surface area contributed by atoms with E-state index in [0.717, 1.165) is 50.5 Å². The molecule has 0 saturated carbocycles. The zero-order valence-corrected chi connectivity index (χ0v) is 17.2. The number of hydrogen-bond donors (Lipinski definition) is 1. The van der Waals surface area contributed by atoms with E-state index in [4.69, 9.17) is 4.98 Å². The molecule has 3 aromatic carbocycles. The number of para-hydroxylation sites is 2. The Balaban J connectivity index is 1.29. The normalized spacial score (nSPS) is 15.5. The molecule has 0 radical (unpaired) electrons. The second-order valence-electron chi connectivity index (χ2n) is 8.18. The van der Waals surface area contributed by atoms with Crippen molar-refractivity contribution in [1.82, 2.24) is 14.5 Å². The van der Waals surface area contributed by atoms with Crippen LogP contribution in [0.5, 0.6) is 0 Å². The first kappa shape index (κ1) is 18.9. The second-order valence-corrected chi connectivity index (χ2v) is 8.18. The number of imidazole rings is 1. The molecule has 1 aliphatic heterocycles. The minimum atomic E-state index is 0.461. The Morgan fingerprint density at radius 1 is 0.733 bits per heavy atom. The third-order valence-corrected chi connectivity index (χ3v) is 6.01. The minimum Gasteiger partial charge on any atom is -0.353 e. The summed E-state index contributed by atoms with van der Waals surface area (Å²) in [5, 5.41) is 3.77. The summed E-state index contributed by atoms with van der Waals surface area (Å²) in [6.45, 7) is 4.10. The van der Waals surface area contributed by atoms with E-state index in [1.165, 1.54) is 16.6 Å². The van der Waals surface area contributed by atoms with E-state index in [0.29, 0.717) is 6.04 Å². The molecule has 4 aromatic rings. The topological polar surface area (TPSA) is 33.1 Å². The van der Waals surface area contributed by atoms with Gasteiger partial charge in [0.15, 0.2) is 0 Å². The quantitative estimate of drug-likeness (QED) is 0.489. The molecule has 0 spiro atoms. The van der Waals surface area contributed by atoms with E-state index >= 15 is 0 Å². The van der Waals surface area contributed by atoms with Crippen LogP contribution in [0.25, 0.3) is 11.0 Å². The van der Waals surface area contributed by atoms with Crippen molar-refractivity contribution in [1.29, 1.82) is 0 Å². The maximum Gasteiger partial charge on any atom is 0.204 e. The fraction of sp³-hybridized carbons (Fsp3) is 0.269. The van der Waals surface area contributed by atoms with E-state index in [1.807, 2.05) is 0 Å². The van der Waals surface area contributed by atoms with Gasteiger partial charge in [0.1, 0.15) is 0 Å². The summed E-state index contributed by atoms with van der Waals surface area (Å²) in [6, 6.07) is 30.3. The lowest BCUT2D eigenvalue weighted by Gasteiger charge is -2.32. The number of aromatic nitrogens is 2. The molecule has 1 aromatic heterocycles. The fourth-order valence-corrected chi connectivity index (χ4v) is 4.37. The first-order valence-corrected chi connectivity index (χ1v) is 10.9. The third kappa shape index (κ3) is 4.24. The van der Waals surface area contributed by atoms with Crippen LogP contribution in [0.3, 0.4) is 0 Å². The first-order valence-electron chi connectivity index (χ1n) is 10.9. The standard InChI is InChI=1S/C26H28N4/c1-3-9-21(10-4-1)19-29-17-15-23(16-18-29)27-26-28-24-13-7-8-14-25(24)30(26)20-22-11-5-2-6-12-22/h1-14,23H,15-20H2,(H,27,28). The van der Waals surface area contributed by atoms with Crippen LogP contribution in [0, 0.1) is 0 Å². The van der Waals surface area contributed by atoms with Crippen LogP contribution in [0.2, 0.25) is 0 Å². The molecule has 0 bridgehead atoms. The van der Waals surface area contributed by atoms with Gasteiger partial charge >= 0.3 is 0 Å². The Morgan fingerprint density at radius 3 is 2.03 bits per heavy atom. The van der Waals surface area contributed by atoms with Gasteiger partial charge in [-0.2, -0.15) is 0 Å². The molecule has 0 atom stereocenters. The molecule has 0 aliphatic carbocycles. The number of anilines is 1. The van der Waals surface area contributed by atoms with Gasteiger partial charge in [0.2, 0.25) is 5.95 Å². The van der Waals surface area contributed by atoms with Crippen LogP contribution in [-0.4, -0.2) is 33.6 Å². The molecule has 152 valence electrons. The minimum absolute atomic E-state index is 0.461. The van der Waals surface area contributed by atoms with Crippen LogP contribution in [0.1, 0.15) is 24.0 Å². The summed E-state index contributed by atoms with van der Waals surface area (Å²) < 4.78 is 2.32. The van der Waals surface area contributed by atoms with Crippen molar-refractivity contribution in [3.8, 4) is 0 Å². The summed E-state index contributed by atoms with van der Waals surface area (Å²) in [6.07, 6.45) is 2.28. The van der Waals surface area contributed by atoms with E-state index in [-0.39, 0.29) is 0 Å². The number of nitrogens with one attached hydrogen (secondary N) is 1. The molecule has 4 heteroatoms. The number of benzene rings is 3. The molecule has 1 fully saturated rings. The van der Waals surface area contributed by atoms with Crippen LogP contribution in [-0.2, 0) is 13.1 Å². The Bertz CT molecular complexity index is 1080. The molecule has 4 nitrogen and oxygen atoms in total. The lowest BCUT2D eigenvalue weighted by atomic mass is 10.0. The summed E-state index contributed by atoms with van der Waals surface area (Å²) in [4.78, 5) is 7.48. The van der Waals surface area contributed by atoms with Crippen molar-refractivity contribution < 1.29 is 0 Å². The van der Waals surface area contributed by atoms with Crippen molar-refractivity contribution in [3.63, 3.8) is 0 Å². The molecule has 5 rings (SSSR count). The van der Waals surface area contributed by atoms with Crippen molar-refractivity contribution in [2.45, 2.75) is 32.0 Å². The zero-order chi connectivity index (χ0) is 20.2. The van der Waals surface area contributed by atoms with E-state index in [1.54, 1.807) is 0 Å². The lowest BCUT2D eigenvalue weighted by Crippen LogP contribution is -2.39. The lowest BCUT2D eigenvalue weighted by molar-refractivity contribution is 0.211. The van der Waals surface area contributed by atoms with Gasteiger partial charge in [0.25, 0.3) is 0 Å². The van der Waals surface area contributed by atoms with E-state index in [2.05, 4.69) is 99.7 Å². The number of hydrogen-bond acceptors (Lipinski definition) is 3. The Hall–Kier alpha value is -3.11. The highest BCUT2D eigenvalue weighted by molar-refractivity contribution is 5.78. The van der Waals surface area contributed by atoms with Gasteiger partial charge in [-0.05, 0) is 36.1 Å². The zero-order valence-electron chi connectivity index (χ0n) is 17.2. The number of fused-ring (bicyclic) bond motifs is 1. The van der Waals surface area contributed by atoms with Crippen molar-refractivity contribution in [2.24, 2.45) is 0 Å². The number of nitrogens with zero attached hydrogens (tertiary/aromatic N) is 3. The molecule has 0 amide bonds. The molecular formula is C26H28N4. The number of likely N-dealkylation sites (tertiary alicyclic amines) is 1. The van der Waals surface area contributed by atoms with Gasteiger partial charge in [0.05, 0.1) is 17.6 Å². The van der Waals surface area contributed by atoms with Gasteiger partial charge < -0.3 is 9.88 Å². The summed E-state index contributed by atoms with van der Waals surface area (Å²) in [5.41, 5.74) is 4.93. The number of rotatable bonds is 6. The summed E-state index contributed by atoms with van der Waals surface area (Å²) >= 11 is 0. The molecule has 30 heavy (non-hydrogen) atoms. The molecule has 1 saturated heterocycles. The van der Waals surface area contributed by atoms with Gasteiger partial charge in [-0.25, -0.2) is 4.98 Å². The van der Waals surface area contributed by atoms with Crippen LogP contribution in [0.4, 0.5) is 5.95 Å². The predicted octanol–water partition coefficient (Wildman–Crippen LogP) is 5.16. The van der Waals surface area contributed by atoms with Crippen molar-refractivity contribution in [2.75, 3.05) is 18.4 Å². The maximum atomic E-state index is 4.93. The SMILES string of the molecule is c1ccc(CN2CCC(Nc3nc4ccccc4n3Cc3ccccc3)CC2)cc1. The maximum absolute atomic E-state index is 4.93. The average Bonchev–Trinajstić information content (AvgIpc) is 3.13. The molecule has 1 N–H and O–H groups in total. The van der Waals surface area contributed by atoms with Crippen LogP contribution >= 0.6 is 0 Å². The van der Waals surface area contributed by atoms with E-state index in [9.17, 15) is 0 Å². The van der Waals surface area contributed by atoms with Gasteiger partial charge in [-0.1, -0.05) is 72.8 Å². The Kier molecular flexibility index (Phi) is 5.49. The summed E-state index contributed by atoms with van der Waals surface area (Å²) in [7, 11) is 0. The Morgan fingerprint density at radius 2 is 1.33 bits per heavy atom. The van der Waals surface area contributed by atoms with Crippen LogP contribution in [0.15, 0.2) is 84.9 Å². The molecule has 2 heterocycles. The molecule has 1 aliphatic rings. The first-order chi connectivity index (χ1) is 14.8.